The summed E-state index contributed by atoms with van der Waals surface area (Å²) in [6.45, 7) is 6.83. The van der Waals surface area contributed by atoms with Gasteiger partial charge in [0.1, 0.15) is 13.2 Å². The van der Waals surface area contributed by atoms with Gasteiger partial charge in [-0.3, -0.25) is 9.59 Å². The first-order valence-corrected chi connectivity index (χ1v) is 27.1. The van der Waals surface area contributed by atoms with Crippen LogP contribution in [0.15, 0.2) is 0 Å². The monoisotopic (exact) mass is 833 g/mol. The van der Waals surface area contributed by atoms with Gasteiger partial charge in [-0.05, 0) is 36.5 Å². The van der Waals surface area contributed by atoms with Gasteiger partial charge in [-0.1, -0.05) is 194 Å². The minimum absolute atomic E-state index is 0.0945. The second-order valence-corrected chi connectivity index (χ2v) is 19.9. The number of carbonyl (C=O) groups is 2. The zero-order valence-electron chi connectivity index (χ0n) is 36.8. The van der Waals surface area contributed by atoms with Gasteiger partial charge in [0.25, 0.3) is 0 Å². The van der Waals surface area contributed by atoms with Crippen LogP contribution in [-0.4, -0.2) is 71.4 Å². The molecular weight excluding hydrogens is 741 g/mol. The van der Waals surface area contributed by atoms with Gasteiger partial charge in [0.05, 0.1) is 24.9 Å². The Bertz CT molecular complexity index is 753. The highest BCUT2D eigenvalue weighted by atomic mass is 32.2. The van der Waals surface area contributed by atoms with Crippen LogP contribution in [0.2, 0.25) is 0 Å². The molecule has 0 radical (unpaired) electrons. The molecule has 0 aromatic carbocycles. The molecule has 0 saturated carbocycles. The number of aliphatic hydroxyl groups is 1. The second-order valence-electron chi connectivity index (χ2n) is 16.3. The van der Waals surface area contributed by atoms with Crippen molar-refractivity contribution in [3.63, 3.8) is 0 Å². The summed E-state index contributed by atoms with van der Waals surface area (Å²) in [5.41, 5.74) is -0.763. The van der Waals surface area contributed by atoms with Crippen molar-refractivity contribution in [2.24, 2.45) is 5.41 Å². The number of rotatable bonds is 46. The van der Waals surface area contributed by atoms with Gasteiger partial charge in [0.2, 0.25) is 0 Å². The van der Waals surface area contributed by atoms with E-state index in [0.29, 0.717) is 18.6 Å². The first-order chi connectivity index (χ1) is 27.0. The molecule has 0 aromatic rings. The number of hydrogen-bond acceptors (Lipinski definition) is 8. The quantitative estimate of drug-likeness (QED) is 0.0480. The van der Waals surface area contributed by atoms with Crippen molar-refractivity contribution >= 4 is 47.2 Å². The van der Waals surface area contributed by atoms with Crippen LogP contribution in [0.3, 0.4) is 0 Å². The molecule has 0 bridgehead atoms. The Balaban J connectivity index is 4.43. The fraction of sp³-hybridized carbons (Fsp3) is 0.957. The minimum Gasteiger partial charge on any atom is -0.465 e. The molecular formula is C47H92O5S3. The van der Waals surface area contributed by atoms with Crippen LogP contribution in [0, 0.1) is 5.41 Å². The molecule has 0 aliphatic rings. The summed E-state index contributed by atoms with van der Waals surface area (Å²) in [5, 5.41) is 10.6. The SMILES string of the molecule is CCCCCCCCCCCCSCCC(=O)OCC(CO)(COC(=O)CCSCCCCCCCCCCCC)CSCCCCCCCCCCCC. The van der Waals surface area contributed by atoms with Crippen LogP contribution in [0.1, 0.15) is 226 Å². The van der Waals surface area contributed by atoms with Crippen molar-refractivity contribution in [3.8, 4) is 0 Å². The highest BCUT2D eigenvalue weighted by Crippen LogP contribution is 2.26. The molecule has 55 heavy (non-hydrogen) atoms. The van der Waals surface area contributed by atoms with Gasteiger partial charge < -0.3 is 14.6 Å². The predicted octanol–water partition coefficient (Wildman–Crippen LogP) is 14.8. The largest absolute Gasteiger partial charge is 0.465 e. The fourth-order valence-corrected chi connectivity index (χ4v) is 9.84. The van der Waals surface area contributed by atoms with Gasteiger partial charge in [-0.15, -0.1) is 0 Å². The summed E-state index contributed by atoms with van der Waals surface area (Å²) in [6, 6.07) is 0. The number of hydrogen-bond donors (Lipinski definition) is 1. The summed E-state index contributed by atoms with van der Waals surface area (Å²) in [7, 11) is 0. The van der Waals surface area contributed by atoms with Crippen molar-refractivity contribution in [2.75, 3.05) is 54.3 Å². The van der Waals surface area contributed by atoms with E-state index in [1.54, 1.807) is 11.8 Å². The molecule has 0 aliphatic carbocycles. The third-order valence-corrected chi connectivity index (χ3v) is 14.2. The van der Waals surface area contributed by atoms with Crippen LogP contribution in [0.5, 0.6) is 0 Å². The molecule has 0 fully saturated rings. The molecule has 5 nitrogen and oxygen atoms in total. The van der Waals surface area contributed by atoms with Crippen molar-refractivity contribution in [1.82, 2.24) is 0 Å². The van der Waals surface area contributed by atoms with Crippen LogP contribution in [-0.2, 0) is 19.1 Å². The molecule has 0 spiro atoms. The molecule has 8 heteroatoms. The smallest absolute Gasteiger partial charge is 0.306 e. The number of unbranched alkanes of at least 4 members (excludes halogenated alkanes) is 27. The standard InChI is InChI=1S/C47H92O5S3/c1-4-7-10-13-16-19-22-25-28-31-36-53-39-34-45(49)51-42-47(41-48,44-55-38-33-30-27-24-21-18-15-12-9-6-3)43-52-46(50)35-40-54-37-32-29-26-23-20-17-14-11-8-5-2/h48H,4-44H2,1-3H3. The average Bonchev–Trinajstić information content (AvgIpc) is 3.19. The Morgan fingerprint density at radius 3 is 0.964 bits per heavy atom. The molecule has 0 saturated heterocycles. The predicted molar refractivity (Wildman–Crippen MR) is 248 cm³/mol. The lowest BCUT2D eigenvalue weighted by molar-refractivity contribution is -0.154. The minimum atomic E-state index is -0.763. The second kappa shape index (κ2) is 45.0. The van der Waals surface area contributed by atoms with E-state index in [2.05, 4.69) is 20.8 Å². The molecule has 0 aliphatic heterocycles. The molecule has 0 aromatic heterocycles. The van der Waals surface area contributed by atoms with Crippen LogP contribution in [0.4, 0.5) is 0 Å². The van der Waals surface area contributed by atoms with Crippen molar-refractivity contribution < 1.29 is 24.2 Å². The summed E-state index contributed by atoms with van der Waals surface area (Å²) in [6.07, 6.45) is 40.6. The maximum atomic E-state index is 12.7. The maximum absolute atomic E-state index is 12.7. The average molecular weight is 833 g/mol. The van der Waals surface area contributed by atoms with E-state index >= 15 is 0 Å². The molecule has 328 valence electrons. The number of ether oxygens (including phenoxy) is 2. The van der Waals surface area contributed by atoms with E-state index in [0.717, 1.165) is 35.2 Å². The van der Waals surface area contributed by atoms with E-state index in [4.69, 9.17) is 9.47 Å². The van der Waals surface area contributed by atoms with Gasteiger partial charge in [-0.25, -0.2) is 0 Å². The molecule has 1 N–H and O–H groups in total. The highest BCUT2D eigenvalue weighted by molar-refractivity contribution is 7.99. The Morgan fingerprint density at radius 1 is 0.400 bits per heavy atom. The lowest BCUT2D eigenvalue weighted by Crippen LogP contribution is -2.40. The van der Waals surface area contributed by atoms with Crippen LogP contribution >= 0.6 is 35.3 Å². The van der Waals surface area contributed by atoms with E-state index in [1.807, 2.05) is 23.5 Å². The number of esters is 2. The highest BCUT2D eigenvalue weighted by Gasteiger charge is 2.33. The molecule has 0 amide bonds. The number of aliphatic hydroxyl groups excluding tert-OH is 1. The van der Waals surface area contributed by atoms with Crippen molar-refractivity contribution in [3.05, 3.63) is 0 Å². The van der Waals surface area contributed by atoms with Crippen LogP contribution < -0.4 is 0 Å². The topological polar surface area (TPSA) is 72.8 Å². The Labute approximate surface area is 355 Å². The molecule has 0 heterocycles. The Morgan fingerprint density at radius 2 is 0.673 bits per heavy atom. The molecule has 0 unspecified atom stereocenters. The van der Waals surface area contributed by atoms with Gasteiger partial charge in [0, 0.05) is 17.3 Å². The summed E-state index contributed by atoms with van der Waals surface area (Å²) in [5.74, 6) is 4.89. The summed E-state index contributed by atoms with van der Waals surface area (Å²) < 4.78 is 11.5. The normalized spacial score (nSPS) is 11.7. The van der Waals surface area contributed by atoms with Crippen LogP contribution in [0.25, 0.3) is 0 Å². The molecule has 0 atom stereocenters. The van der Waals surface area contributed by atoms with Gasteiger partial charge in [-0.2, -0.15) is 35.3 Å². The zero-order chi connectivity index (χ0) is 40.2. The Kier molecular flexibility index (Phi) is 45.0. The maximum Gasteiger partial charge on any atom is 0.306 e. The van der Waals surface area contributed by atoms with E-state index in [-0.39, 0.29) is 31.8 Å². The van der Waals surface area contributed by atoms with Gasteiger partial charge >= 0.3 is 11.9 Å². The van der Waals surface area contributed by atoms with Gasteiger partial charge in [0.15, 0.2) is 0 Å². The fourth-order valence-electron chi connectivity index (χ4n) is 6.75. The third kappa shape index (κ3) is 40.5. The summed E-state index contributed by atoms with van der Waals surface area (Å²) in [4.78, 5) is 25.5. The summed E-state index contributed by atoms with van der Waals surface area (Å²) >= 11 is 5.46. The lowest BCUT2D eigenvalue weighted by Gasteiger charge is -2.30. The lowest BCUT2D eigenvalue weighted by atomic mass is 9.94. The van der Waals surface area contributed by atoms with E-state index in [9.17, 15) is 14.7 Å². The zero-order valence-corrected chi connectivity index (χ0v) is 39.2. The number of thioether (sulfide) groups is 3. The number of carbonyl (C=O) groups excluding carboxylic acids is 2. The third-order valence-electron chi connectivity index (χ3n) is 10.7. The molecule has 0 rings (SSSR count). The Hall–Kier alpha value is -0.0500. The van der Waals surface area contributed by atoms with Crippen molar-refractivity contribution in [2.45, 2.75) is 226 Å². The first kappa shape index (κ1) is 55.0. The van der Waals surface area contributed by atoms with Crippen molar-refractivity contribution in [1.29, 1.82) is 0 Å². The van der Waals surface area contributed by atoms with E-state index in [1.165, 1.54) is 186 Å². The van der Waals surface area contributed by atoms with E-state index < -0.39 is 5.41 Å². The first-order valence-electron chi connectivity index (χ1n) is 23.7.